The maximum absolute atomic E-state index is 13.2. The predicted octanol–water partition coefficient (Wildman–Crippen LogP) is 3.32. The summed E-state index contributed by atoms with van der Waals surface area (Å²) < 4.78 is 13.2. The zero-order valence-electron chi connectivity index (χ0n) is 12.1. The van der Waals surface area contributed by atoms with Crippen LogP contribution in [0.15, 0.2) is 30.3 Å². The maximum Gasteiger partial charge on any atom is 0.255 e. The number of nitrogens with zero attached hydrogens (tertiary/aromatic N) is 1. The fourth-order valence-corrected chi connectivity index (χ4v) is 2.05. The van der Waals surface area contributed by atoms with Gasteiger partial charge in [-0.25, -0.2) is 9.37 Å². The Morgan fingerprint density at radius 3 is 2.81 bits per heavy atom. The van der Waals surface area contributed by atoms with Gasteiger partial charge in [0, 0.05) is 16.9 Å². The Morgan fingerprint density at radius 2 is 2.10 bits per heavy atom. The van der Waals surface area contributed by atoms with Gasteiger partial charge >= 0.3 is 0 Å². The number of aryl methyl sites for hydroxylation is 2. The second-order valence-electron chi connectivity index (χ2n) is 4.94. The van der Waals surface area contributed by atoms with Gasteiger partial charge in [-0.15, -0.1) is 0 Å². The standard InChI is InChI=1S/C16H18FN3O/c1-3-4-13-7-11(8-15(18)19-13)16(21)20-14-9-12(17)6-5-10(14)2/h5-9H,3-4H2,1-2H3,(H2,18,19)(H,20,21). The van der Waals surface area contributed by atoms with Gasteiger partial charge in [-0.1, -0.05) is 19.4 Å². The lowest BCUT2D eigenvalue weighted by Crippen LogP contribution is -2.14. The molecule has 1 amide bonds. The first kappa shape index (κ1) is 15.0. The highest BCUT2D eigenvalue weighted by Crippen LogP contribution is 2.18. The second kappa shape index (κ2) is 6.35. The second-order valence-corrected chi connectivity index (χ2v) is 4.94. The summed E-state index contributed by atoms with van der Waals surface area (Å²) in [4.78, 5) is 16.5. The van der Waals surface area contributed by atoms with Gasteiger partial charge < -0.3 is 11.1 Å². The monoisotopic (exact) mass is 287 g/mol. The number of hydrogen-bond donors (Lipinski definition) is 2. The molecular formula is C16H18FN3O. The number of carbonyl (C=O) groups is 1. The van der Waals surface area contributed by atoms with Crippen LogP contribution in [0, 0.1) is 12.7 Å². The number of carbonyl (C=O) groups excluding carboxylic acids is 1. The minimum absolute atomic E-state index is 0.307. The number of amides is 1. The van der Waals surface area contributed by atoms with Crippen LogP contribution in [-0.2, 0) is 6.42 Å². The van der Waals surface area contributed by atoms with Crippen molar-refractivity contribution in [3.8, 4) is 0 Å². The lowest BCUT2D eigenvalue weighted by molar-refractivity contribution is 0.102. The van der Waals surface area contributed by atoms with Gasteiger partial charge in [-0.05, 0) is 43.2 Å². The maximum atomic E-state index is 13.2. The van der Waals surface area contributed by atoms with Gasteiger partial charge in [0.15, 0.2) is 0 Å². The Balaban J connectivity index is 2.25. The number of benzene rings is 1. The van der Waals surface area contributed by atoms with E-state index in [1.54, 1.807) is 19.1 Å². The molecule has 0 spiro atoms. The van der Waals surface area contributed by atoms with E-state index < -0.39 is 5.82 Å². The molecule has 0 unspecified atom stereocenters. The van der Waals surface area contributed by atoms with Gasteiger partial charge in [-0.2, -0.15) is 0 Å². The average molecular weight is 287 g/mol. The molecule has 110 valence electrons. The molecule has 1 heterocycles. The molecule has 0 aliphatic heterocycles. The number of nitrogen functional groups attached to an aromatic ring is 1. The largest absolute Gasteiger partial charge is 0.384 e. The third kappa shape index (κ3) is 3.78. The predicted molar refractivity (Wildman–Crippen MR) is 81.7 cm³/mol. The molecule has 4 nitrogen and oxygen atoms in total. The van der Waals surface area contributed by atoms with E-state index in [0.29, 0.717) is 17.1 Å². The fraction of sp³-hybridized carbons (Fsp3) is 0.250. The zero-order chi connectivity index (χ0) is 15.4. The minimum atomic E-state index is -0.392. The number of aromatic nitrogens is 1. The first-order chi connectivity index (χ1) is 9.99. The Bertz CT molecular complexity index is 671. The molecule has 0 saturated heterocycles. The fourth-order valence-electron chi connectivity index (χ4n) is 2.05. The Kier molecular flexibility index (Phi) is 4.52. The van der Waals surface area contributed by atoms with Crippen LogP contribution in [0.5, 0.6) is 0 Å². The normalized spacial score (nSPS) is 10.4. The third-order valence-corrected chi connectivity index (χ3v) is 3.11. The first-order valence-electron chi connectivity index (χ1n) is 6.83. The number of hydrogen-bond acceptors (Lipinski definition) is 3. The lowest BCUT2D eigenvalue weighted by atomic mass is 10.1. The lowest BCUT2D eigenvalue weighted by Gasteiger charge is -2.10. The molecule has 5 heteroatoms. The molecule has 1 aromatic carbocycles. The summed E-state index contributed by atoms with van der Waals surface area (Å²) in [5.41, 5.74) is 8.17. The molecule has 3 N–H and O–H groups in total. The molecule has 0 fully saturated rings. The summed E-state index contributed by atoms with van der Waals surface area (Å²) in [6, 6.07) is 7.50. The van der Waals surface area contributed by atoms with E-state index in [-0.39, 0.29) is 5.91 Å². The van der Waals surface area contributed by atoms with Crippen LogP contribution in [0.3, 0.4) is 0 Å². The Morgan fingerprint density at radius 1 is 1.33 bits per heavy atom. The number of nitrogens with two attached hydrogens (primary N) is 1. The van der Waals surface area contributed by atoms with E-state index in [1.165, 1.54) is 18.2 Å². The van der Waals surface area contributed by atoms with E-state index in [2.05, 4.69) is 10.3 Å². The van der Waals surface area contributed by atoms with Gasteiger partial charge in [-0.3, -0.25) is 4.79 Å². The molecule has 0 radical (unpaired) electrons. The number of rotatable bonds is 4. The van der Waals surface area contributed by atoms with Gasteiger partial charge in [0.05, 0.1) is 0 Å². The van der Waals surface area contributed by atoms with Crippen LogP contribution in [0.1, 0.15) is 35.0 Å². The molecule has 1 aromatic heterocycles. The average Bonchev–Trinajstić information content (AvgIpc) is 2.42. The van der Waals surface area contributed by atoms with Crippen molar-refractivity contribution in [3.05, 3.63) is 53.0 Å². The van der Waals surface area contributed by atoms with E-state index >= 15 is 0 Å². The molecule has 0 bridgehead atoms. The first-order valence-corrected chi connectivity index (χ1v) is 6.83. The minimum Gasteiger partial charge on any atom is -0.384 e. The topological polar surface area (TPSA) is 68.0 Å². The van der Waals surface area contributed by atoms with Crippen molar-refractivity contribution in [2.75, 3.05) is 11.1 Å². The zero-order valence-corrected chi connectivity index (χ0v) is 12.1. The van der Waals surface area contributed by atoms with Crippen LogP contribution < -0.4 is 11.1 Å². The number of nitrogens with one attached hydrogen (secondary N) is 1. The van der Waals surface area contributed by atoms with Gasteiger partial charge in [0.2, 0.25) is 0 Å². The van der Waals surface area contributed by atoms with E-state index in [9.17, 15) is 9.18 Å². The van der Waals surface area contributed by atoms with Crippen LogP contribution in [0.2, 0.25) is 0 Å². The van der Waals surface area contributed by atoms with Crippen molar-refractivity contribution in [1.82, 2.24) is 4.98 Å². The third-order valence-electron chi connectivity index (χ3n) is 3.11. The molecular weight excluding hydrogens is 269 g/mol. The SMILES string of the molecule is CCCc1cc(C(=O)Nc2cc(F)ccc2C)cc(N)n1. The van der Waals surface area contributed by atoms with Crippen LogP contribution >= 0.6 is 0 Å². The van der Waals surface area contributed by atoms with Crippen LogP contribution in [0.4, 0.5) is 15.9 Å². The summed E-state index contributed by atoms with van der Waals surface area (Å²) >= 11 is 0. The molecule has 0 atom stereocenters. The van der Waals surface area contributed by atoms with Crippen LogP contribution in [-0.4, -0.2) is 10.9 Å². The van der Waals surface area contributed by atoms with Crippen molar-refractivity contribution < 1.29 is 9.18 Å². The highest BCUT2D eigenvalue weighted by Gasteiger charge is 2.11. The Labute approximate surface area is 123 Å². The van der Waals surface area contributed by atoms with E-state index in [4.69, 9.17) is 5.73 Å². The molecule has 2 aromatic rings. The highest BCUT2D eigenvalue weighted by atomic mass is 19.1. The van der Waals surface area contributed by atoms with Gasteiger partial charge in [0.25, 0.3) is 5.91 Å². The van der Waals surface area contributed by atoms with E-state index in [1.807, 2.05) is 6.92 Å². The summed E-state index contributed by atoms with van der Waals surface area (Å²) in [5.74, 6) is -0.408. The number of anilines is 2. The Hall–Kier alpha value is -2.43. The molecule has 0 aliphatic rings. The molecule has 21 heavy (non-hydrogen) atoms. The van der Waals surface area contributed by atoms with Crippen molar-refractivity contribution in [1.29, 1.82) is 0 Å². The summed E-state index contributed by atoms with van der Waals surface area (Å²) in [6.45, 7) is 3.83. The van der Waals surface area contributed by atoms with Crippen molar-refractivity contribution in [2.24, 2.45) is 0 Å². The molecule has 2 rings (SSSR count). The number of pyridine rings is 1. The molecule has 0 aliphatic carbocycles. The van der Waals surface area contributed by atoms with Crippen LogP contribution in [0.25, 0.3) is 0 Å². The highest BCUT2D eigenvalue weighted by molar-refractivity contribution is 6.05. The quantitative estimate of drug-likeness (QED) is 0.906. The molecule has 0 saturated carbocycles. The number of halogens is 1. The van der Waals surface area contributed by atoms with Gasteiger partial charge in [0.1, 0.15) is 11.6 Å². The van der Waals surface area contributed by atoms with E-state index in [0.717, 1.165) is 24.1 Å². The summed E-state index contributed by atoms with van der Waals surface area (Å²) in [5, 5.41) is 2.70. The smallest absolute Gasteiger partial charge is 0.255 e. The van der Waals surface area contributed by atoms with Crippen molar-refractivity contribution in [3.63, 3.8) is 0 Å². The summed E-state index contributed by atoms with van der Waals surface area (Å²) in [6.07, 6.45) is 1.67. The van der Waals surface area contributed by atoms with Crippen molar-refractivity contribution >= 4 is 17.4 Å². The summed E-state index contributed by atoms with van der Waals surface area (Å²) in [7, 11) is 0. The van der Waals surface area contributed by atoms with Crippen molar-refractivity contribution in [2.45, 2.75) is 26.7 Å².